The van der Waals surface area contributed by atoms with E-state index in [0.717, 1.165) is 11.3 Å². The van der Waals surface area contributed by atoms with Crippen molar-refractivity contribution in [2.24, 2.45) is 0 Å². The maximum Gasteiger partial charge on any atom is 0.161 e. The number of benzene rings is 1. The molecule has 0 aliphatic heterocycles. The van der Waals surface area contributed by atoms with Gasteiger partial charge in [-0.1, -0.05) is 12.1 Å². The summed E-state index contributed by atoms with van der Waals surface area (Å²) in [5, 5.41) is 9.48. The fourth-order valence-electron chi connectivity index (χ4n) is 1.77. The van der Waals surface area contributed by atoms with Crippen LogP contribution >= 0.6 is 0 Å². The van der Waals surface area contributed by atoms with E-state index < -0.39 is 0 Å². The van der Waals surface area contributed by atoms with Gasteiger partial charge in [-0.25, -0.2) is 0 Å². The monoisotopic (exact) mass is 272 g/mol. The average Bonchev–Trinajstić information content (AvgIpc) is 2.97. The third-order valence-corrected chi connectivity index (χ3v) is 2.86. The molecule has 20 heavy (non-hydrogen) atoms. The molecule has 1 aromatic heterocycles. The zero-order chi connectivity index (χ0) is 14.4. The Kier molecular flexibility index (Phi) is 4.60. The van der Waals surface area contributed by atoms with Crippen LogP contribution in [0.5, 0.6) is 11.5 Å². The molecule has 0 radical (unpaired) electrons. The number of carbonyl (C=O) groups is 1. The van der Waals surface area contributed by atoms with Gasteiger partial charge in [0.25, 0.3) is 0 Å². The number of ether oxygens (including phenoxy) is 1. The van der Waals surface area contributed by atoms with Crippen LogP contribution in [0.25, 0.3) is 6.08 Å². The second-order valence-corrected chi connectivity index (χ2v) is 4.31. The molecule has 0 saturated carbocycles. The maximum atomic E-state index is 11.7. The van der Waals surface area contributed by atoms with Crippen molar-refractivity contribution < 1.29 is 19.1 Å². The van der Waals surface area contributed by atoms with Crippen LogP contribution in [0.1, 0.15) is 17.7 Å². The molecule has 104 valence electrons. The van der Waals surface area contributed by atoms with E-state index in [0.29, 0.717) is 18.6 Å². The Morgan fingerprint density at radius 3 is 2.95 bits per heavy atom. The zero-order valence-corrected chi connectivity index (χ0v) is 11.2. The summed E-state index contributed by atoms with van der Waals surface area (Å²) in [4.78, 5) is 11.7. The standard InChI is InChI=1S/C16H16O4/c1-19-16-11-12(5-9-15(16)18)4-6-13(17)7-8-14-3-2-10-20-14/h2-6,9-11,18H,7-8H2,1H3/b6-4+. The normalized spacial score (nSPS) is 10.8. The first-order valence-electron chi connectivity index (χ1n) is 6.29. The van der Waals surface area contributed by atoms with Crippen molar-refractivity contribution in [1.82, 2.24) is 0 Å². The van der Waals surface area contributed by atoms with Crippen LogP contribution in [-0.2, 0) is 11.2 Å². The van der Waals surface area contributed by atoms with Gasteiger partial charge in [-0.3, -0.25) is 4.79 Å². The molecule has 0 spiro atoms. The van der Waals surface area contributed by atoms with Gasteiger partial charge in [-0.15, -0.1) is 0 Å². The molecule has 0 saturated heterocycles. The first-order valence-corrected chi connectivity index (χ1v) is 6.29. The molecule has 0 aliphatic rings. The second kappa shape index (κ2) is 6.61. The van der Waals surface area contributed by atoms with E-state index in [4.69, 9.17) is 9.15 Å². The molecule has 0 unspecified atom stereocenters. The molecule has 0 bridgehead atoms. The summed E-state index contributed by atoms with van der Waals surface area (Å²) < 4.78 is 10.2. The van der Waals surface area contributed by atoms with Crippen LogP contribution in [0, 0.1) is 0 Å². The fourth-order valence-corrected chi connectivity index (χ4v) is 1.77. The zero-order valence-electron chi connectivity index (χ0n) is 11.2. The second-order valence-electron chi connectivity index (χ2n) is 4.31. The molecule has 0 aliphatic carbocycles. The summed E-state index contributed by atoms with van der Waals surface area (Å²) in [6, 6.07) is 8.58. The van der Waals surface area contributed by atoms with Crippen molar-refractivity contribution in [3.05, 3.63) is 54.0 Å². The van der Waals surface area contributed by atoms with Crippen LogP contribution < -0.4 is 4.74 Å². The number of phenolic OH excluding ortho intramolecular Hbond substituents is 1. The van der Waals surface area contributed by atoms with E-state index in [1.54, 1.807) is 30.5 Å². The Balaban J connectivity index is 1.93. The van der Waals surface area contributed by atoms with Crippen molar-refractivity contribution in [1.29, 1.82) is 0 Å². The Bertz CT molecular complexity index is 597. The highest BCUT2D eigenvalue weighted by molar-refractivity contribution is 5.93. The van der Waals surface area contributed by atoms with Crippen LogP contribution in [-0.4, -0.2) is 18.0 Å². The summed E-state index contributed by atoms with van der Waals surface area (Å²) >= 11 is 0. The van der Waals surface area contributed by atoms with Crippen molar-refractivity contribution in [3.63, 3.8) is 0 Å². The van der Waals surface area contributed by atoms with Gasteiger partial charge >= 0.3 is 0 Å². The van der Waals surface area contributed by atoms with Gasteiger partial charge in [0.1, 0.15) is 5.76 Å². The van der Waals surface area contributed by atoms with Crippen LogP contribution in [0.2, 0.25) is 0 Å². The van der Waals surface area contributed by atoms with Crippen LogP contribution in [0.15, 0.2) is 47.1 Å². The van der Waals surface area contributed by atoms with Gasteiger partial charge in [-0.2, -0.15) is 0 Å². The summed E-state index contributed by atoms with van der Waals surface area (Å²) in [5.41, 5.74) is 0.797. The van der Waals surface area contributed by atoms with Crippen molar-refractivity contribution in [2.45, 2.75) is 12.8 Å². The Morgan fingerprint density at radius 1 is 1.40 bits per heavy atom. The molecular weight excluding hydrogens is 256 g/mol. The summed E-state index contributed by atoms with van der Waals surface area (Å²) in [7, 11) is 1.48. The fraction of sp³-hybridized carbons (Fsp3) is 0.188. The smallest absolute Gasteiger partial charge is 0.161 e. The van der Waals surface area contributed by atoms with Crippen molar-refractivity contribution in [3.8, 4) is 11.5 Å². The van der Waals surface area contributed by atoms with Gasteiger partial charge in [-0.05, 0) is 35.9 Å². The molecule has 1 aromatic carbocycles. The van der Waals surface area contributed by atoms with Gasteiger partial charge < -0.3 is 14.3 Å². The largest absolute Gasteiger partial charge is 0.504 e. The summed E-state index contributed by atoms with van der Waals surface area (Å²) in [6.45, 7) is 0. The van der Waals surface area contributed by atoms with Gasteiger partial charge in [0.2, 0.25) is 0 Å². The number of furan rings is 1. The van der Waals surface area contributed by atoms with E-state index in [2.05, 4.69) is 0 Å². The molecule has 4 heteroatoms. The van der Waals surface area contributed by atoms with Gasteiger partial charge in [0.05, 0.1) is 13.4 Å². The average molecular weight is 272 g/mol. The third kappa shape index (κ3) is 3.75. The van der Waals surface area contributed by atoms with E-state index in [9.17, 15) is 9.90 Å². The summed E-state index contributed by atoms with van der Waals surface area (Å²) in [6.07, 6.45) is 5.81. The molecule has 1 N–H and O–H groups in total. The number of methoxy groups -OCH3 is 1. The van der Waals surface area contributed by atoms with E-state index in [1.165, 1.54) is 19.3 Å². The first-order chi connectivity index (χ1) is 9.69. The maximum absolute atomic E-state index is 11.7. The number of allylic oxidation sites excluding steroid dienone is 1. The highest BCUT2D eigenvalue weighted by Crippen LogP contribution is 2.26. The predicted molar refractivity (Wildman–Crippen MR) is 75.7 cm³/mol. The Hall–Kier alpha value is -2.49. The van der Waals surface area contributed by atoms with Gasteiger partial charge in [0.15, 0.2) is 17.3 Å². The van der Waals surface area contributed by atoms with E-state index in [-0.39, 0.29) is 11.5 Å². The lowest BCUT2D eigenvalue weighted by atomic mass is 10.1. The quantitative estimate of drug-likeness (QED) is 0.820. The van der Waals surface area contributed by atoms with Gasteiger partial charge in [0, 0.05) is 12.8 Å². The SMILES string of the molecule is COc1cc(/C=C/C(=O)CCc2ccco2)ccc1O. The third-order valence-electron chi connectivity index (χ3n) is 2.86. The minimum atomic E-state index is 0.0217. The topological polar surface area (TPSA) is 59.7 Å². The number of hydrogen-bond donors (Lipinski definition) is 1. The molecular formula is C16H16O4. The molecule has 4 nitrogen and oxygen atoms in total. The number of phenols is 1. The van der Waals surface area contributed by atoms with Crippen LogP contribution in [0.3, 0.4) is 0 Å². The van der Waals surface area contributed by atoms with Crippen LogP contribution in [0.4, 0.5) is 0 Å². The molecule has 2 aromatic rings. The number of carbonyl (C=O) groups excluding carboxylic acids is 1. The number of hydrogen-bond acceptors (Lipinski definition) is 4. The number of ketones is 1. The molecule has 2 rings (SSSR count). The van der Waals surface area contributed by atoms with E-state index in [1.807, 2.05) is 6.07 Å². The van der Waals surface area contributed by atoms with Crippen molar-refractivity contribution >= 4 is 11.9 Å². The lowest BCUT2D eigenvalue weighted by molar-refractivity contribution is -0.114. The highest BCUT2D eigenvalue weighted by atomic mass is 16.5. The molecule has 0 amide bonds. The number of aromatic hydroxyl groups is 1. The highest BCUT2D eigenvalue weighted by Gasteiger charge is 2.03. The molecule has 1 heterocycles. The first kappa shape index (κ1) is 13.9. The minimum absolute atomic E-state index is 0.0217. The Labute approximate surface area is 117 Å². The summed E-state index contributed by atoms with van der Waals surface area (Å²) in [5.74, 6) is 1.29. The molecule has 0 fully saturated rings. The molecule has 0 atom stereocenters. The van der Waals surface area contributed by atoms with Crippen molar-refractivity contribution in [2.75, 3.05) is 7.11 Å². The Morgan fingerprint density at radius 2 is 2.25 bits per heavy atom. The van der Waals surface area contributed by atoms with E-state index >= 15 is 0 Å². The number of rotatable bonds is 6. The lowest BCUT2D eigenvalue weighted by Gasteiger charge is -2.03. The predicted octanol–water partition coefficient (Wildman–Crippen LogP) is 3.21. The lowest BCUT2D eigenvalue weighted by Crippen LogP contribution is -1.95. The minimum Gasteiger partial charge on any atom is -0.504 e. The number of aryl methyl sites for hydroxylation is 1.